The van der Waals surface area contributed by atoms with Gasteiger partial charge in [0.25, 0.3) is 0 Å². The van der Waals surface area contributed by atoms with Gasteiger partial charge >= 0.3 is 6.18 Å². The molecule has 2 aromatic heterocycles. The number of halogens is 3. The molecule has 0 bridgehead atoms. The maximum absolute atomic E-state index is 12.8. The second-order valence-electron chi connectivity index (χ2n) is 7.25. The van der Waals surface area contributed by atoms with Crippen LogP contribution in [0.5, 0.6) is 0 Å². The van der Waals surface area contributed by atoms with Gasteiger partial charge in [-0.2, -0.15) is 13.2 Å². The lowest BCUT2D eigenvalue weighted by Gasteiger charge is -2.31. The van der Waals surface area contributed by atoms with E-state index < -0.39 is 21.6 Å². The summed E-state index contributed by atoms with van der Waals surface area (Å²) >= 11 is 0. The molecule has 32 heavy (non-hydrogen) atoms. The monoisotopic (exact) mass is 463 g/mol. The molecule has 0 amide bonds. The molecule has 1 aromatic carbocycles. The fourth-order valence-electron chi connectivity index (χ4n) is 3.54. The number of benzene rings is 1. The average molecular weight is 463 g/mol. The molecule has 0 aliphatic carbocycles. The summed E-state index contributed by atoms with van der Waals surface area (Å²) in [6, 6.07) is 7.86. The standard InChI is InChI=1S/C21H20F3N5O2S/c1-2-32(30,31)18-4-3-10-25-20(18)29-11-9-16-17(12-29)26-13-27-19(16)28-15-7-5-14(6-8-15)21(22,23)24/h3-8,10,13H,2,9,11-12H2,1H3,(H,26,27,28). The number of hydrogen-bond donors (Lipinski definition) is 1. The third kappa shape index (κ3) is 4.38. The van der Waals surface area contributed by atoms with E-state index in [1.165, 1.54) is 18.5 Å². The summed E-state index contributed by atoms with van der Waals surface area (Å²) in [4.78, 5) is 14.9. The highest BCUT2D eigenvalue weighted by Gasteiger charge is 2.30. The predicted molar refractivity (Wildman–Crippen MR) is 113 cm³/mol. The zero-order valence-electron chi connectivity index (χ0n) is 17.1. The molecule has 3 aromatic rings. The van der Waals surface area contributed by atoms with Crippen molar-refractivity contribution in [3.05, 3.63) is 65.7 Å². The summed E-state index contributed by atoms with van der Waals surface area (Å²) < 4.78 is 63.3. The highest BCUT2D eigenvalue weighted by Crippen LogP contribution is 2.32. The Morgan fingerprint density at radius 1 is 1.09 bits per heavy atom. The number of sulfone groups is 1. The van der Waals surface area contributed by atoms with Crippen LogP contribution in [0.15, 0.2) is 53.8 Å². The van der Waals surface area contributed by atoms with Crippen LogP contribution in [0.4, 0.5) is 30.5 Å². The van der Waals surface area contributed by atoms with E-state index in [-0.39, 0.29) is 10.6 Å². The number of anilines is 3. The zero-order chi connectivity index (χ0) is 22.9. The normalized spacial score (nSPS) is 14.2. The first-order chi connectivity index (χ1) is 15.2. The molecule has 1 N–H and O–H groups in total. The fourth-order valence-corrected chi connectivity index (χ4v) is 4.60. The Hall–Kier alpha value is -3.21. The summed E-state index contributed by atoms with van der Waals surface area (Å²) in [6.45, 7) is 2.41. The Balaban J connectivity index is 1.59. The highest BCUT2D eigenvalue weighted by molar-refractivity contribution is 7.91. The molecule has 0 radical (unpaired) electrons. The van der Waals surface area contributed by atoms with Crippen molar-refractivity contribution in [3.8, 4) is 0 Å². The number of pyridine rings is 1. The van der Waals surface area contributed by atoms with Gasteiger partial charge in [0.2, 0.25) is 0 Å². The van der Waals surface area contributed by atoms with Crippen molar-refractivity contribution in [1.29, 1.82) is 0 Å². The Labute approximate surface area is 183 Å². The Bertz CT molecular complexity index is 1230. The molecule has 0 unspecified atom stereocenters. The molecule has 0 saturated heterocycles. The van der Waals surface area contributed by atoms with E-state index in [1.54, 1.807) is 25.3 Å². The lowest BCUT2D eigenvalue weighted by molar-refractivity contribution is -0.137. The summed E-state index contributed by atoms with van der Waals surface area (Å²) in [7, 11) is -3.45. The smallest absolute Gasteiger partial charge is 0.349 e. The third-order valence-electron chi connectivity index (χ3n) is 5.25. The second kappa shape index (κ2) is 8.38. The Morgan fingerprint density at radius 2 is 1.84 bits per heavy atom. The maximum atomic E-state index is 12.8. The molecule has 168 valence electrons. The highest BCUT2D eigenvalue weighted by atomic mass is 32.2. The van der Waals surface area contributed by atoms with Crippen molar-refractivity contribution in [2.24, 2.45) is 0 Å². The SMILES string of the molecule is CCS(=O)(=O)c1cccnc1N1CCc2c(ncnc2Nc2ccc(C(F)(F)F)cc2)C1. The molecule has 0 atom stereocenters. The number of alkyl halides is 3. The Morgan fingerprint density at radius 3 is 2.53 bits per heavy atom. The van der Waals surface area contributed by atoms with Crippen molar-refractivity contribution in [1.82, 2.24) is 15.0 Å². The van der Waals surface area contributed by atoms with Crippen LogP contribution in [-0.2, 0) is 29.0 Å². The van der Waals surface area contributed by atoms with E-state index in [9.17, 15) is 21.6 Å². The second-order valence-corrected chi connectivity index (χ2v) is 9.49. The number of nitrogens with zero attached hydrogens (tertiary/aromatic N) is 4. The van der Waals surface area contributed by atoms with Gasteiger partial charge in [0.15, 0.2) is 9.84 Å². The van der Waals surface area contributed by atoms with E-state index >= 15 is 0 Å². The van der Waals surface area contributed by atoms with Gasteiger partial charge in [-0.15, -0.1) is 0 Å². The van der Waals surface area contributed by atoms with E-state index in [0.29, 0.717) is 42.5 Å². The molecular weight excluding hydrogens is 443 g/mol. The van der Waals surface area contributed by atoms with Crippen LogP contribution in [0.25, 0.3) is 0 Å². The van der Waals surface area contributed by atoms with E-state index in [1.807, 2.05) is 4.90 Å². The molecule has 0 spiro atoms. The van der Waals surface area contributed by atoms with Crippen LogP contribution in [0.1, 0.15) is 23.7 Å². The van der Waals surface area contributed by atoms with Crippen LogP contribution in [-0.4, -0.2) is 35.7 Å². The van der Waals surface area contributed by atoms with Crippen molar-refractivity contribution in [3.63, 3.8) is 0 Å². The Kier molecular flexibility index (Phi) is 5.76. The minimum atomic E-state index is -4.40. The minimum absolute atomic E-state index is 0.0283. The number of aromatic nitrogens is 3. The number of rotatable bonds is 5. The van der Waals surface area contributed by atoms with Crippen molar-refractivity contribution >= 4 is 27.2 Å². The predicted octanol–water partition coefficient (Wildman–Crippen LogP) is 3.99. The van der Waals surface area contributed by atoms with Crippen LogP contribution in [0, 0.1) is 0 Å². The topological polar surface area (TPSA) is 88.1 Å². The molecule has 3 heterocycles. The van der Waals surface area contributed by atoms with Gasteiger partial charge in [-0.1, -0.05) is 6.92 Å². The summed E-state index contributed by atoms with van der Waals surface area (Å²) in [5.41, 5.74) is 1.28. The van der Waals surface area contributed by atoms with Crippen LogP contribution in [0.3, 0.4) is 0 Å². The van der Waals surface area contributed by atoms with Gasteiger partial charge < -0.3 is 10.2 Å². The van der Waals surface area contributed by atoms with Crippen molar-refractivity contribution in [2.75, 3.05) is 22.5 Å². The van der Waals surface area contributed by atoms with Crippen LogP contribution >= 0.6 is 0 Å². The first-order valence-corrected chi connectivity index (χ1v) is 11.5. The molecule has 7 nitrogen and oxygen atoms in total. The third-order valence-corrected chi connectivity index (χ3v) is 7.00. The summed E-state index contributed by atoms with van der Waals surface area (Å²) in [6.07, 6.45) is -0.957. The largest absolute Gasteiger partial charge is 0.416 e. The van der Waals surface area contributed by atoms with Gasteiger partial charge in [0, 0.05) is 24.0 Å². The quantitative estimate of drug-likeness (QED) is 0.612. The van der Waals surface area contributed by atoms with E-state index in [4.69, 9.17) is 0 Å². The lowest BCUT2D eigenvalue weighted by atomic mass is 10.1. The fraction of sp³-hybridized carbons (Fsp3) is 0.286. The average Bonchev–Trinajstić information content (AvgIpc) is 2.79. The molecule has 1 aliphatic rings. The van der Waals surface area contributed by atoms with E-state index in [0.717, 1.165) is 17.7 Å². The minimum Gasteiger partial charge on any atom is -0.349 e. The van der Waals surface area contributed by atoms with Crippen LogP contribution in [0.2, 0.25) is 0 Å². The molecule has 4 rings (SSSR count). The van der Waals surface area contributed by atoms with Gasteiger partial charge in [-0.25, -0.2) is 23.4 Å². The van der Waals surface area contributed by atoms with Gasteiger partial charge in [-0.05, 0) is 42.8 Å². The number of hydrogen-bond acceptors (Lipinski definition) is 7. The van der Waals surface area contributed by atoms with E-state index in [2.05, 4.69) is 20.3 Å². The van der Waals surface area contributed by atoms with Gasteiger partial charge in [0.1, 0.15) is 22.9 Å². The van der Waals surface area contributed by atoms with Crippen LogP contribution < -0.4 is 10.2 Å². The van der Waals surface area contributed by atoms with Crippen molar-refractivity contribution < 1.29 is 21.6 Å². The molecule has 11 heteroatoms. The molecule has 1 aliphatic heterocycles. The molecule has 0 fully saturated rings. The zero-order valence-corrected chi connectivity index (χ0v) is 17.9. The molecule has 0 saturated carbocycles. The van der Waals surface area contributed by atoms with Gasteiger partial charge in [-0.3, -0.25) is 0 Å². The maximum Gasteiger partial charge on any atom is 0.416 e. The summed E-state index contributed by atoms with van der Waals surface area (Å²) in [5.74, 6) is 0.868. The number of nitrogens with one attached hydrogen (secondary N) is 1. The number of fused-ring (bicyclic) bond motifs is 1. The lowest BCUT2D eigenvalue weighted by Crippen LogP contribution is -2.33. The molecular formula is C21H20F3N5O2S. The summed E-state index contributed by atoms with van der Waals surface area (Å²) in [5, 5.41) is 3.06. The first-order valence-electron chi connectivity index (χ1n) is 9.89. The van der Waals surface area contributed by atoms with Crippen molar-refractivity contribution in [2.45, 2.75) is 31.0 Å². The first kappa shape index (κ1) is 22.0. The van der Waals surface area contributed by atoms with Gasteiger partial charge in [0.05, 0.1) is 23.6 Å².